The van der Waals surface area contributed by atoms with Gasteiger partial charge in [-0.15, -0.1) is 11.3 Å². The van der Waals surface area contributed by atoms with Crippen molar-refractivity contribution < 1.29 is 13.2 Å². The second kappa shape index (κ2) is 6.00. The van der Waals surface area contributed by atoms with Crippen molar-refractivity contribution in [2.75, 3.05) is 0 Å². The molecule has 1 fully saturated rings. The molecule has 1 aromatic carbocycles. The lowest BCUT2D eigenvalue weighted by Crippen LogP contribution is -2.32. The number of thiazole rings is 1. The summed E-state index contributed by atoms with van der Waals surface area (Å²) in [7, 11) is -3.89. The van der Waals surface area contributed by atoms with Gasteiger partial charge in [-0.2, -0.15) is 5.26 Å². The molecule has 1 aliphatic carbocycles. The Morgan fingerprint density at radius 1 is 1.42 bits per heavy atom. The van der Waals surface area contributed by atoms with Crippen LogP contribution in [-0.2, 0) is 14.8 Å². The van der Waals surface area contributed by atoms with E-state index < -0.39 is 15.9 Å². The predicted octanol–water partition coefficient (Wildman–Crippen LogP) is 2.24. The molecule has 0 saturated heterocycles. The largest absolute Gasteiger partial charge is 0.275 e. The van der Waals surface area contributed by atoms with Crippen molar-refractivity contribution in [3.05, 3.63) is 46.1 Å². The van der Waals surface area contributed by atoms with Gasteiger partial charge in [0.2, 0.25) is 5.91 Å². The average molecular weight is 361 g/mol. The predicted molar refractivity (Wildman–Crippen MR) is 88.9 cm³/mol. The standard InChI is InChI=1S/C16H15N3O3S2/c1-9-16(23-10(2)18-9)24(21,22)19-15(20)14-7-13(14)12-5-3-4-11(6-12)8-17/h3-6,13-14H,7H2,1-2H3,(H,19,20). The summed E-state index contributed by atoms with van der Waals surface area (Å²) in [6.45, 7) is 3.33. The fourth-order valence-corrected chi connectivity index (χ4v) is 5.22. The molecular weight excluding hydrogens is 346 g/mol. The second-order valence-corrected chi connectivity index (χ2v) is 8.84. The van der Waals surface area contributed by atoms with E-state index in [9.17, 15) is 13.2 Å². The highest BCUT2D eigenvalue weighted by Gasteiger charge is 2.45. The Kier molecular flexibility index (Phi) is 4.15. The van der Waals surface area contributed by atoms with E-state index in [-0.39, 0.29) is 16.0 Å². The summed E-state index contributed by atoms with van der Waals surface area (Å²) in [6, 6.07) is 9.11. The Hall–Kier alpha value is -2.24. The minimum absolute atomic E-state index is 0.0437. The van der Waals surface area contributed by atoms with Crippen molar-refractivity contribution in [3.63, 3.8) is 0 Å². The van der Waals surface area contributed by atoms with Crippen LogP contribution in [0.3, 0.4) is 0 Å². The molecule has 0 bridgehead atoms. The molecule has 1 aliphatic rings. The van der Waals surface area contributed by atoms with Crippen LogP contribution in [0.25, 0.3) is 0 Å². The first-order valence-electron chi connectivity index (χ1n) is 7.32. The molecule has 1 saturated carbocycles. The van der Waals surface area contributed by atoms with Gasteiger partial charge in [-0.1, -0.05) is 12.1 Å². The summed E-state index contributed by atoms with van der Waals surface area (Å²) < 4.78 is 26.9. The number of nitrogens with zero attached hydrogens (tertiary/aromatic N) is 2. The molecule has 2 atom stereocenters. The molecule has 8 heteroatoms. The van der Waals surface area contributed by atoms with E-state index in [4.69, 9.17) is 5.26 Å². The van der Waals surface area contributed by atoms with Crippen molar-refractivity contribution in [1.29, 1.82) is 5.26 Å². The van der Waals surface area contributed by atoms with Crippen molar-refractivity contribution in [2.24, 2.45) is 5.92 Å². The van der Waals surface area contributed by atoms with E-state index in [1.54, 1.807) is 32.0 Å². The van der Waals surface area contributed by atoms with Crippen LogP contribution in [0.5, 0.6) is 0 Å². The van der Waals surface area contributed by atoms with Gasteiger partial charge in [0.1, 0.15) is 0 Å². The summed E-state index contributed by atoms with van der Waals surface area (Å²) in [5.74, 6) is -0.936. The average Bonchev–Trinajstić information content (AvgIpc) is 3.26. The molecule has 6 nitrogen and oxygen atoms in total. The van der Waals surface area contributed by atoms with E-state index in [1.807, 2.05) is 6.07 Å². The Morgan fingerprint density at radius 3 is 2.79 bits per heavy atom. The fourth-order valence-electron chi connectivity index (χ4n) is 2.71. The highest BCUT2D eigenvalue weighted by atomic mass is 32.2. The van der Waals surface area contributed by atoms with Gasteiger partial charge in [0, 0.05) is 5.92 Å². The third-order valence-corrected chi connectivity index (χ3v) is 6.94. The molecule has 124 valence electrons. The Morgan fingerprint density at radius 2 is 2.17 bits per heavy atom. The van der Waals surface area contributed by atoms with E-state index in [1.165, 1.54) is 0 Å². The van der Waals surface area contributed by atoms with E-state index in [0.29, 0.717) is 22.7 Å². The number of hydrogen-bond acceptors (Lipinski definition) is 6. The van der Waals surface area contributed by atoms with Crippen LogP contribution < -0.4 is 4.72 Å². The van der Waals surface area contributed by atoms with E-state index in [2.05, 4.69) is 15.8 Å². The minimum atomic E-state index is -3.89. The fraction of sp³-hybridized carbons (Fsp3) is 0.312. The quantitative estimate of drug-likeness (QED) is 0.900. The molecule has 1 heterocycles. The third-order valence-electron chi connectivity index (χ3n) is 3.91. The summed E-state index contributed by atoms with van der Waals surface area (Å²) in [5.41, 5.74) is 1.81. The van der Waals surface area contributed by atoms with Gasteiger partial charge >= 0.3 is 0 Å². The number of hydrogen-bond donors (Lipinski definition) is 1. The van der Waals surface area contributed by atoms with Crippen LogP contribution in [-0.4, -0.2) is 19.3 Å². The number of carbonyl (C=O) groups excluding carboxylic acids is 1. The van der Waals surface area contributed by atoms with Crippen LogP contribution in [0.4, 0.5) is 0 Å². The molecule has 2 aromatic rings. The molecule has 0 aliphatic heterocycles. The number of sulfonamides is 1. The number of nitrogens with one attached hydrogen (secondary N) is 1. The Balaban J connectivity index is 1.73. The molecule has 1 amide bonds. The number of aryl methyl sites for hydroxylation is 2. The zero-order chi connectivity index (χ0) is 17.5. The van der Waals surface area contributed by atoms with Crippen LogP contribution >= 0.6 is 11.3 Å². The minimum Gasteiger partial charge on any atom is -0.274 e. The first-order chi connectivity index (χ1) is 11.3. The van der Waals surface area contributed by atoms with Crippen LogP contribution in [0.15, 0.2) is 28.5 Å². The van der Waals surface area contributed by atoms with Crippen LogP contribution in [0.1, 0.15) is 34.2 Å². The Labute approximate surface area is 144 Å². The summed E-state index contributed by atoms with van der Waals surface area (Å²) in [6.07, 6.45) is 0.580. The van der Waals surface area contributed by atoms with Gasteiger partial charge in [-0.3, -0.25) is 4.79 Å². The zero-order valence-electron chi connectivity index (χ0n) is 13.1. The molecule has 0 radical (unpaired) electrons. The second-order valence-electron chi connectivity index (χ2n) is 5.76. The number of rotatable bonds is 4. The summed E-state index contributed by atoms with van der Waals surface area (Å²) in [5, 5.41) is 9.57. The van der Waals surface area contributed by atoms with Gasteiger partial charge in [-0.25, -0.2) is 18.1 Å². The molecule has 24 heavy (non-hydrogen) atoms. The monoisotopic (exact) mass is 361 g/mol. The molecule has 1 N–H and O–H groups in total. The molecule has 3 rings (SSSR count). The van der Waals surface area contributed by atoms with E-state index in [0.717, 1.165) is 16.9 Å². The number of carbonyl (C=O) groups is 1. The number of amides is 1. The Bertz CT molecular complexity index is 957. The van der Waals surface area contributed by atoms with Crippen molar-refractivity contribution in [3.8, 4) is 6.07 Å². The van der Waals surface area contributed by atoms with Crippen molar-refractivity contribution in [2.45, 2.75) is 30.4 Å². The lowest BCUT2D eigenvalue weighted by atomic mass is 10.1. The number of aromatic nitrogens is 1. The first-order valence-corrected chi connectivity index (χ1v) is 9.62. The van der Waals surface area contributed by atoms with Gasteiger partial charge in [0.05, 0.1) is 22.3 Å². The third kappa shape index (κ3) is 3.18. The number of nitriles is 1. The summed E-state index contributed by atoms with van der Waals surface area (Å²) in [4.78, 5) is 16.4. The lowest BCUT2D eigenvalue weighted by Gasteiger charge is -2.05. The van der Waals surface area contributed by atoms with Crippen molar-refractivity contribution >= 4 is 27.3 Å². The highest BCUT2D eigenvalue weighted by Crippen LogP contribution is 2.47. The maximum absolute atomic E-state index is 12.3. The lowest BCUT2D eigenvalue weighted by molar-refractivity contribution is -0.120. The zero-order valence-corrected chi connectivity index (χ0v) is 14.7. The molecule has 0 spiro atoms. The SMILES string of the molecule is Cc1nc(C)c(S(=O)(=O)NC(=O)C2CC2c2cccc(C#N)c2)s1. The van der Waals surface area contributed by atoms with Crippen molar-refractivity contribution in [1.82, 2.24) is 9.71 Å². The van der Waals surface area contributed by atoms with Crippen LogP contribution in [0, 0.1) is 31.1 Å². The molecule has 1 aromatic heterocycles. The number of benzene rings is 1. The van der Waals surface area contributed by atoms with E-state index >= 15 is 0 Å². The normalized spacial score (nSPS) is 19.5. The van der Waals surface area contributed by atoms with Crippen LogP contribution in [0.2, 0.25) is 0 Å². The van der Waals surface area contributed by atoms with Gasteiger partial charge < -0.3 is 0 Å². The van der Waals surface area contributed by atoms with Gasteiger partial charge in [0.25, 0.3) is 10.0 Å². The maximum Gasteiger partial charge on any atom is 0.275 e. The highest BCUT2D eigenvalue weighted by molar-refractivity contribution is 7.92. The molecular formula is C16H15N3O3S2. The maximum atomic E-state index is 12.3. The molecule has 2 unspecified atom stereocenters. The van der Waals surface area contributed by atoms with Gasteiger partial charge in [0.15, 0.2) is 4.21 Å². The topological polar surface area (TPSA) is 99.9 Å². The smallest absolute Gasteiger partial charge is 0.274 e. The first kappa shape index (κ1) is 16.6. The summed E-state index contributed by atoms with van der Waals surface area (Å²) >= 11 is 1.05. The van der Waals surface area contributed by atoms with Gasteiger partial charge in [-0.05, 0) is 43.9 Å².